The van der Waals surface area contributed by atoms with E-state index in [0.717, 1.165) is 56.3 Å². The fraction of sp³-hybridized carbons (Fsp3) is 0.565. The first-order valence-electron chi connectivity index (χ1n) is 10.4. The van der Waals surface area contributed by atoms with Gasteiger partial charge in [0.05, 0.1) is 12.7 Å². The van der Waals surface area contributed by atoms with E-state index in [0.29, 0.717) is 30.8 Å². The van der Waals surface area contributed by atoms with Crippen molar-refractivity contribution < 1.29 is 14.3 Å². The number of piperidine rings is 1. The van der Waals surface area contributed by atoms with Gasteiger partial charge in [0.25, 0.3) is 0 Å². The first-order valence-corrected chi connectivity index (χ1v) is 10.4. The van der Waals surface area contributed by atoms with E-state index in [4.69, 9.17) is 4.74 Å². The predicted octanol–water partition coefficient (Wildman–Crippen LogP) is 3.77. The van der Waals surface area contributed by atoms with Crippen molar-refractivity contribution in [1.82, 2.24) is 4.90 Å². The molecule has 4 nitrogen and oxygen atoms in total. The monoisotopic (exact) mass is 365 g/mol. The van der Waals surface area contributed by atoms with Crippen molar-refractivity contribution >= 4 is 17.3 Å². The molecule has 1 aromatic carbocycles. The lowest BCUT2D eigenvalue weighted by Gasteiger charge is -2.39. The normalized spacial score (nSPS) is 26.0. The summed E-state index contributed by atoms with van der Waals surface area (Å²) in [5, 5.41) is 0. The Morgan fingerprint density at radius 3 is 2.67 bits per heavy atom. The fourth-order valence-corrected chi connectivity index (χ4v) is 5.12. The van der Waals surface area contributed by atoms with Crippen molar-refractivity contribution in [3.05, 3.63) is 40.5 Å². The molecule has 1 aromatic rings. The zero-order chi connectivity index (χ0) is 18.5. The number of carbonyl (C=O) groups is 2. The number of nitrogens with zero attached hydrogens (tertiary/aromatic N) is 1. The van der Waals surface area contributed by atoms with Crippen LogP contribution in [0.3, 0.4) is 0 Å². The number of carbonyl (C=O) groups excluding carboxylic acids is 2. The van der Waals surface area contributed by atoms with Gasteiger partial charge in [0.1, 0.15) is 0 Å². The summed E-state index contributed by atoms with van der Waals surface area (Å²) in [4.78, 5) is 27.0. The van der Waals surface area contributed by atoms with E-state index >= 15 is 0 Å². The van der Waals surface area contributed by atoms with Crippen molar-refractivity contribution in [2.24, 2.45) is 11.8 Å². The van der Waals surface area contributed by atoms with E-state index in [1.165, 1.54) is 16.7 Å². The van der Waals surface area contributed by atoms with E-state index in [-0.39, 0.29) is 11.9 Å². The molecule has 142 valence electrons. The number of fused-ring (bicyclic) bond motifs is 2. The van der Waals surface area contributed by atoms with Gasteiger partial charge in [-0.05, 0) is 61.6 Å². The zero-order valence-corrected chi connectivity index (χ0v) is 16.0. The largest absolute Gasteiger partial charge is 0.373 e. The number of ether oxygens (including phenoxy) is 1. The second-order valence-corrected chi connectivity index (χ2v) is 8.67. The first kappa shape index (κ1) is 17.2. The van der Waals surface area contributed by atoms with Gasteiger partial charge in [-0.25, -0.2) is 0 Å². The highest BCUT2D eigenvalue weighted by atomic mass is 16.5. The molecule has 1 amide bonds. The van der Waals surface area contributed by atoms with Crippen LogP contribution in [0.25, 0.3) is 5.57 Å². The molecule has 4 aliphatic rings. The van der Waals surface area contributed by atoms with Crippen molar-refractivity contribution in [2.75, 3.05) is 19.7 Å². The highest BCUT2D eigenvalue weighted by Crippen LogP contribution is 2.41. The van der Waals surface area contributed by atoms with Gasteiger partial charge in [-0.1, -0.05) is 23.8 Å². The number of amides is 1. The molecule has 1 unspecified atom stereocenters. The minimum Gasteiger partial charge on any atom is -0.373 e. The van der Waals surface area contributed by atoms with Crippen molar-refractivity contribution in [1.29, 1.82) is 0 Å². The maximum atomic E-state index is 12.6. The Bertz CT molecular complexity index is 828. The summed E-state index contributed by atoms with van der Waals surface area (Å²) in [6.07, 6.45) is 5.82. The Labute approximate surface area is 160 Å². The van der Waals surface area contributed by atoms with Gasteiger partial charge in [-0.2, -0.15) is 0 Å². The second kappa shape index (κ2) is 6.59. The van der Waals surface area contributed by atoms with Crippen LogP contribution in [0.4, 0.5) is 0 Å². The maximum absolute atomic E-state index is 12.6. The van der Waals surface area contributed by atoms with Crippen LogP contribution in [0.5, 0.6) is 0 Å². The molecule has 0 bridgehead atoms. The molecule has 0 radical (unpaired) electrons. The number of hydrogen-bond donors (Lipinski definition) is 0. The van der Waals surface area contributed by atoms with Gasteiger partial charge in [0.15, 0.2) is 5.78 Å². The highest BCUT2D eigenvalue weighted by Gasteiger charge is 2.38. The summed E-state index contributed by atoms with van der Waals surface area (Å²) in [7, 11) is 0. The fourth-order valence-electron chi connectivity index (χ4n) is 5.12. The Hall–Kier alpha value is -1.94. The average molecular weight is 365 g/mol. The summed E-state index contributed by atoms with van der Waals surface area (Å²) in [5.74, 6) is 1.43. The quantitative estimate of drug-likeness (QED) is 0.801. The lowest BCUT2D eigenvalue weighted by molar-refractivity contribution is -0.134. The maximum Gasteiger partial charge on any atom is 0.225 e. The van der Waals surface area contributed by atoms with E-state index in [1.54, 1.807) is 0 Å². The van der Waals surface area contributed by atoms with Crippen LogP contribution in [-0.2, 0) is 9.53 Å². The minimum absolute atomic E-state index is 0.195. The molecule has 1 saturated heterocycles. The van der Waals surface area contributed by atoms with Gasteiger partial charge in [-0.3, -0.25) is 9.59 Å². The van der Waals surface area contributed by atoms with Crippen molar-refractivity contribution in [3.8, 4) is 0 Å². The average Bonchev–Trinajstić information content (AvgIpc) is 3.53. The molecular weight excluding hydrogens is 338 g/mol. The summed E-state index contributed by atoms with van der Waals surface area (Å²) in [5.41, 5.74) is 5.69. The van der Waals surface area contributed by atoms with E-state index in [2.05, 4.69) is 17.9 Å². The first-order chi connectivity index (χ1) is 13.1. The van der Waals surface area contributed by atoms with Gasteiger partial charge in [0, 0.05) is 31.0 Å². The van der Waals surface area contributed by atoms with Crippen LogP contribution in [0.2, 0.25) is 0 Å². The molecule has 5 rings (SSSR count). The third-order valence-electron chi connectivity index (χ3n) is 6.87. The van der Waals surface area contributed by atoms with Crippen LogP contribution in [0.15, 0.2) is 23.8 Å². The van der Waals surface area contributed by atoms with E-state index in [9.17, 15) is 9.59 Å². The van der Waals surface area contributed by atoms with E-state index < -0.39 is 0 Å². The molecule has 1 saturated carbocycles. The SMILES string of the molecule is Cc1cccc2c1C1=C(CC2=O)CC(C2CCN(C(=O)C3CC3)CC2)OC1. The number of likely N-dealkylation sites (tertiary alicyclic amines) is 1. The number of ketones is 1. The molecule has 2 heterocycles. The Morgan fingerprint density at radius 2 is 1.93 bits per heavy atom. The second-order valence-electron chi connectivity index (χ2n) is 8.67. The Balaban J connectivity index is 1.30. The van der Waals surface area contributed by atoms with E-state index in [1.807, 2.05) is 12.1 Å². The molecule has 0 spiro atoms. The predicted molar refractivity (Wildman–Crippen MR) is 103 cm³/mol. The number of aryl methyl sites for hydroxylation is 1. The highest BCUT2D eigenvalue weighted by molar-refractivity contribution is 6.06. The molecule has 4 heteroatoms. The smallest absolute Gasteiger partial charge is 0.225 e. The summed E-state index contributed by atoms with van der Waals surface area (Å²) < 4.78 is 6.32. The Morgan fingerprint density at radius 1 is 1.15 bits per heavy atom. The lowest BCUT2D eigenvalue weighted by atomic mass is 9.77. The molecule has 2 fully saturated rings. The van der Waals surface area contributed by atoms with Crippen LogP contribution >= 0.6 is 0 Å². The van der Waals surface area contributed by atoms with Crippen LogP contribution in [0.1, 0.15) is 60.0 Å². The van der Waals surface area contributed by atoms with Gasteiger partial charge in [-0.15, -0.1) is 0 Å². The topological polar surface area (TPSA) is 46.6 Å². The number of Topliss-reactive ketones (excluding diaryl/α,β-unsaturated/α-hetero) is 1. The summed E-state index contributed by atoms with van der Waals surface area (Å²) in [6.45, 7) is 4.44. The lowest BCUT2D eigenvalue weighted by Crippen LogP contribution is -2.43. The van der Waals surface area contributed by atoms with Crippen LogP contribution < -0.4 is 0 Å². The van der Waals surface area contributed by atoms with Crippen molar-refractivity contribution in [3.63, 3.8) is 0 Å². The molecular formula is C23H27NO3. The summed E-state index contributed by atoms with van der Waals surface area (Å²) in [6, 6.07) is 6.01. The molecule has 27 heavy (non-hydrogen) atoms. The van der Waals surface area contributed by atoms with Gasteiger partial charge < -0.3 is 9.64 Å². The van der Waals surface area contributed by atoms with Gasteiger partial charge >= 0.3 is 0 Å². The zero-order valence-electron chi connectivity index (χ0n) is 16.0. The van der Waals surface area contributed by atoms with Crippen LogP contribution in [-0.4, -0.2) is 42.4 Å². The molecule has 2 aliphatic heterocycles. The van der Waals surface area contributed by atoms with Gasteiger partial charge in [0.2, 0.25) is 5.91 Å². The van der Waals surface area contributed by atoms with Crippen molar-refractivity contribution in [2.45, 2.75) is 51.6 Å². The third kappa shape index (κ3) is 3.04. The molecule has 2 aliphatic carbocycles. The number of hydrogen-bond acceptors (Lipinski definition) is 3. The summed E-state index contributed by atoms with van der Waals surface area (Å²) >= 11 is 0. The minimum atomic E-state index is 0.195. The number of rotatable bonds is 2. The third-order valence-corrected chi connectivity index (χ3v) is 6.87. The standard InChI is InChI=1S/C23H27NO3/c1-14-3-2-4-18-20(25)11-17-12-21(27-13-19(17)22(14)18)15-7-9-24(10-8-15)23(26)16-5-6-16/h2-4,15-16,21H,5-13H2,1H3. The number of benzene rings is 1. The van der Waals surface area contributed by atoms with Crippen LogP contribution in [0, 0.1) is 18.8 Å². The Kier molecular flexibility index (Phi) is 4.19. The molecule has 0 aromatic heterocycles. The molecule has 1 atom stereocenters. The molecule has 0 N–H and O–H groups in total.